The van der Waals surface area contributed by atoms with Crippen molar-refractivity contribution in [3.8, 4) is 0 Å². The number of hydrogen-bond donors (Lipinski definition) is 2. The summed E-state index contributed by atoms with van der Waals surface area (Å²) in [6, 6.07) is 2.11. The number of aromatic nitrogens is 1. The van der Waals surface area contributed by atoms with E-state index >= 15 is 0 Å². The van der Waals surface area contributed by atoms with Crippen LogP contribution >= 0.6 is 0 Å². The van der Waals surface area contributed by atoms with Crippen molar-refractivity contribution >= 4 is 10.0 Å². The van der Waals surface area contributed by atoms with Gasteiger partial charge in [-0.05, 0) is 32.3 Å². The zero-order valence-electron chi connectivity index (χ0n) is 13.0. The highest BCUT2D eigenvalue weighted by Gasteiger charge is 2.28. The summed E-state index contributed by atoms with van der Waals surface area (Å²) in [6.45, 7) is 4.44. The highest BCUT2D eigenvalue weighted by atomic mass is 32.2. The number of rotatable bonds is 9. The first-order valence-corrected chi connectivity index (χ1v) is 9.39. The van der Waals surface area contributed by atoms with Crippen LogP contribution in [0.25, 0.3) is 0 Å². The van der Waals surface area contributed by atoms with E-state index in [1.165, 1.54) is 0 Å². The van der Waals surface area contributed by atoms with Gasteiger partial charge in [0.15, 0.2) is 0 Å². The molecule has 0 spiro atoms. The predicted octanol–water partition coefficient (Wildman–Crippen LogP) is 2.53. The van der Waals surface area contributed by atoms with Gasteiger partial charge in [0.05, 0.1) is 4.90 Å². The second-order valence-corrected chi connectivity index (χ2v) is 7.74. The van der Waals surface area contributed by atoms with Crippen molar-refractivity contribution in [3.05, 3.63) is 18.0 Å². The van der Waals surface area contributed by atoms with E-state index in [0.29, 0.717) is 17.5 Å². The Kier molecular flexibility index (Phi) is 5.46. The Morgan fingerprint density at radius 2 is 2.14 bits per heavy atom. The van der Waals surface area contributed by atoms with Gasteiger partial charge < -0.3 is 10.3 Å². The van der Waals surface area contributed by atoms with Gasteiger partial charge in [0, 0.05) is 30.5 Å². The molecule has 21 heavy (non-hydrogen) atoms. The van der Waals surface area contributed by atoms with Gasteiger partial charge in [-0.3, -0.25) is 0 Å². The molecule has 1 atom stereocenters. The topological polar surface area (TPSA) is 77.1 Å². The van der Waals surface area contributed by atoms with Gasteiger partial charge in [-0.2, -0.15) is 0 Å². The lowest BCUT2D eigenvalue weighted by Crippen LogP contribution is -2.32. The minimum absolute atomic E-state index is 0.0350. The van der Waals surface area contributed by atoms with Crippen molar-refractivity contribution in [1.82, 2.24) is 9.29 Å². The Hall–Kier alpha value is -0.850. The molecule has 1 aromatic heterocycles. The summed E-state index contributed by atoms with van der Waals surface area (Å²) in [5, 5.41) is 0. The number of sulfonamides is 1. The van der Waals surface area contributed by atoms with Gasteiger partial charge >= 0.3 is 0 Å². The van der Waals surface area contributed by atoms with Gasteiger partial charge in [-0.1, -0.05) is 26.2 Å². The van der Waals surface area contributed by atoms with Crippen molar-refractivity contribution in [3.63, 3.8) is 0 Å². The third kappa shape index (κ3) is 4.31. The molecule has 120 valence electrons. The fourth-order valence-electron chi connectivity index (χ4n) is 2.59. The standard InChI is InChI=1S/C15H27N3O2S/c1-3-4-5-6-12(2)17-21(19,20)15-9-14(10-16)18(11-15)13-7-8-13/h9,11-13,17H,3-8,10,16H2,1-2H3. The molecular formula is C15H27N3O2S. The molecule has 0 aromatic carbocycles. The van der Waals surface area contributed by atoms with Crippen LogP contribution in [-0.2, 0) is 16.6 Å². The van der Waals surface area contributed by atoms with Gasteiger partial charge in [0.25, 0.3) is 0 Å². The molecule has 3 N–H and O–H groups in total. The molecule has 5 nitrogen and oxygen atoms in total. The van der Waals surface area contributed by atoms with Crippen LogP contribution in [0.2, 0.25) is 0 Å². The Labute approximate surface area is 128 Å². The van der Waals surface area contributed by atoms with E-state index in [1.807, 2.05) is 11.5 Å². The van der Waals surface area contributed by atoms with Gasteiger partial charge in [-0.25, -0.2) is 13.1 Å². The molecule has 2 rings (SSSR count). The summed E-state index contributed by atoms with van der Waals surface area (Å²) in [5.74, 6) is 0. The number of hydrogen-bond acceptors (Lipinski definition) is 3. The molecule has 1 aromatic rings. The van der Waals surface area contributed by atoms with Crippen LogP contribution in [0.5, 0.6) is 0 Å². The molecule has 0 bridgehead atoms. The Morgan fingerprint density at radius 3 is 2.71 bits per heavy atom. The van der Waals surface area contributed by atoms with Crippen LogP contribution < -0.4 is 10.5 Å². The lowest BCUT2D eigenvalue weighted by atomic mass is 10.1. The summed E-state index contributed by atoms with van der Waals surface area (Å²) >= 11 is 0. The molecule has 6 heteroatoms. The second-order valence-electron chi connectivity index (χ2n) is 6.03. The van der Waals surface area contributed by atoms with E-state index in [4.69, 9.17) is 5.73 Å². The van der Waals surface area contributed by atoms with Crippen molar-refractivity contribution in [1.29, 1.82) is 0 Å². The van der Waals surface area contributed by atoms with E-state index in [1.54, 1.807) is 12.3 Å². The Balaban J connectivity index is 2.05. The van der Waals surface area contributed by atoms with Crippen LogP contribution in [0.3, 0.4) is 0 Å². The number of unbranched alkanes of at least 4 members (excludes halogenated alkanes) is 2. The highest BCUT2D eigenvalue weighted by molar-refractivity contribution is 7.89. The smallest absolute Gasteiger partial charge is 0.242 e. The summed E-state index contributed by atoms with van der Waals surface area (Å²) in [5.41, 5.74) is 6.62. The lowest BCUT2D eigenvalue weighted by molar-refractivity contribution is 0.527. The zero-order valence-corrected chi connectivity index (χ0v) is 13.8. The van der Waals surface area contributed by atoms with E-state index < -0.39 is 10.0 Å². The van der Waals surface area contributed by atoms with Crippen molar-refractivity contribution in [2.75, 3.05) is 0 Å². The maximum atomic E-state index is 12.4. The van der Waals surface area contributed by atoms with Crippen LogP contribution in [-0.4, -0.2) is 19.0 Å². The summed E-state index contributed by atoms with van der Waals surface area (Å²) in [6.07, 6.45) is 8.17. The Bertz CT molecular complexity index is 561. The normalized spacial score (nSPS) is 17.1. The highest BCUT2D eigenvalue weighted by Crippen LogP contribution is 2.37. The van der Waals surface area contributed by atoms with Gasteiger partial charge in [0.2, 0.25) is 10.0 Å². The first-order chi connectivity index (χ1) is 9.97. The first kappa shape index (κ1) is 16.5. The van der Waals surface area contributed by atoms with Gasteiger partial charge in [-0.15, -0.1) is 0 Å². The summed E-state index contributed by atoms with van der Waals surface area (Å²) in [7, 11) is -3.44. The Morgan fingerprint density at radius 1 is 1.43 bits per heavy atom. The molecule has 1 unspecified atom stereocenters. The first-order valence-electron chi connectivity index (χ1n) is 7.91. The van der Waals surface area contributed by atoms with Crippen molar-refractivity contribution in [2.24, 2.45) is 5.73 Å². The van der Waals surface area contributed by atoms with Crippen molar-refractivity contribution in [2.45, 2.75) is 75.9 Å². The molecule has 1 aliphatic rings. The molecule has 0 radical (unpaired) electrons. The fourth-order valence-corrected chi connectivity index (χ4v) is 3.92. The molecular weight excluding hydrogens is 286 g/mol. The van der Waals surface area contributed by atoms with E-state index in [2.05, 4.69) is 11.6 Å². The molecule has 1 saturated carbocycles. The van der Waals surface area contributed by atoms with Crippen LogP contribution in [0.4, 0.5) is 0 Å². The predicted molar refractivity (Wildman–Crippen MR) is 84.5 cm³/mol. The van der Waals surface area contributed by atoms with Crippen LogP contribution in [0, 0.1) is 0 Å². The molecule has 0 amide bonds. The molecule has 1 heterocycles. The third-order valence-corrected chi connectivity index (χ3v) is 5.52. The molecule has 0 aliphatic heterocycles. The monoisotopic (exact) mass is 313 g/mol. The maximum Gasteiger partial charge on any atom is 0.242 e. The van der Waals surface area contributed by atoms with Crippen molar-refractivity contribution < 1.29 is 8.42 Å². The lowest BCUT2D eigenvalue weighted by Gasteiger charge is -2.13. The largest absolute Gasteiger partial charge is 0.346 e. The van der Waals surface area contributed by atoms with E-state index in [-0.39, 0.29) is 6.04 Å². The average molecular weight is 313 g/mol. The van der Waals surface area contributed by atoms with Gasteiger partial charge in [0.1, 0.15) is 0 Å². The summed E-state index contributed by atoms with van der Waals surface area (Å²) < 4.78 is 29.7. The number of nitrogens with one attached hydrogen (secondary N) is 1. The average Bonchev–Trinajstić information content (AvgIpc) is 3.17. The molecule has 1 aliphatic carbocycles. The second kappa shape index (κ2) is 6.94. The van der Waals surface area contributed by atoms with E-state index in [9.17, 15) is 8.42 Å². The zero-order chi connectivity index (χ0) is 15.5. The minimum atomic E-state index is -3.44. The summed E-state index contributed by atoms with van der Waals surface area (Å²) in [4.78, 5) is 0.345. The van der Waals surface area contributed by atoms with Crippen LogP contribution in [0.15, 0.2) is 17.2 Å². The molecule has 0 saturated heterocycles. The number of nitrogens with zero attached hydrogens (tertiary/aromatic N) is 1. The SMILES string of the molecule is CCCCCC(C)NS(=O)(=O)c1cc(CN)n(C2CC2)c1. The van der Waals surface area contributed by atoms with E-state index in [0.717, 1.165) is 44.2 Å². The molecule has 1 fully saturated rings. The quantitative estimate of drug-likeness (QED) is 0.688. The fraction of sp³-hybridized carbons (Fsp3) is 0.733. The third-order valence-electron chi connectivity index (χ3n) is 3.96. The number of nitrogens with two attached hydrogens (primary N) is 1. The van der Waals surface area contributed by atoms with Crippen LogP contribution in [0.1, 0.15) is 64.1 Å². The minimum Gasteiger partial charge on any atom is -0.346 e. The maximum absolute atomic E-state index is 12.4.